The number of carbonyl (C=O) groups is 3. The molecule has 3 amide bonds. The standard InChI is InChI=1S/C31H23IN4O5/c1-36-25-15-26(37)24(30(39)40)14-23(25)27(32)28(36)20-6-8-21(9-7-20)29(38)35-31(41)34-22-12-10-19(11-13-22)18-4-2-17(16-33)3-5-18/h2-15,23,25,37H,1H3,(H,39,40)(H2,34,35,38,41). The molecule has 0 spiro atoms. The number of anilines is 1. The van der Waals surface area contributed by atoms with Crippen LogP contribution in [0.15, 0.2) is 99.9 Å². The monoisotopic (exact) mass is 658 g/mol. The number of carbonyl (C=O) groups excluding carboxylic acids is 2. The number of imide groups is 1. The Morgan fingerprint density at radius 2 is 1.49 bits per heavy atom. The molecule has 0 aromatic heterocycles. The molecular weight excluding hydrogens is 635 g/mol. The Kier molecular flexibility index (Phi) is 7.63. The van der Waals surface area contributed by atoms with Gasteiger partial charge in [-0.25, -0.2) is 9.59 Å². The third-order valence-corrected chi connectivity index (χ3v) is 8.24. The SMILES string of the molecule is CN1C(c2ccc(C(=O)NC(=O)Nc3ccc(-c4ccc(C#N)cc4)cc3)cc2)=C(I)C2C=C(C(=O)O)C(O)=CC21. The summed E-state index contributed by atoms with van der Waals surface area (Å²) in [6.07, 6.45) is 3.11. The third-order valence-electron chi connectivity index (χ3n) is 7.01. The number of hydrogen-bond donors (Lipinski definition) is 4. The van der Waals surface area contributed by atoms with Crippen molar-refractivity contribution in [3.05, 3.63) is 117 Å². The van der Waals surface area contributed by atoms with E-state index in [1.807, 2.05) is 36.2 Å². The molecule has 0 saturated heterocycles. The van der Waals surface area contributed by atoms with Crippen LogP contribution in [-0.2, 0) is 4.79 Å². The maximum atomic E-state index is 12.7. The van der Waals surface area contributed by atoms with Crippen molar-refractivity contribution in [1.29, 1.82) is 5.26 Å². The molecule has 2 atom stereocenters. The second-order valence-electron chi connectivity index (χ2n) is 9.51. The molecule has 1 aliphatic carbocycles. The quantitative estimate of drug-likeness (QED) is 0.258. The summed E-state index contributed by atoms with van der Waals surface area (Å²) in [6, 6.07) is 22.2. The number of carboxylic acid groups (broad SMARTS) is 1. The summed E-state index contributed by atoms with van der Waals surface area (Å²) < 4.78 is 0.916. The lowest BCUT2D eigenvalue weighted by molar-refractivity contribution is -0.132. The van der Waals surface area contributed by atoms with E-state index in [0.717, 1.165) is 26.0 Å². The summed E-state index contributed by atoms with van der Waals surface area (Å²) in [5, 5.41) is 33.5. The van der Waals surface area contributed by atoms with Crippen LogP contribution in [0.5, 0.6) is 0 Å². The van der Waals surface area contributed by atoms with Gasteiger partial charge in [0.2, 0.25) is 0 Å². The molecule has 0 bridgehead atoms. The second-order valence-corrected chi connectivity index (χ2v) is 10.7. The Morgan fingerprint density at radius 1 is 0.902 bits per heavy atom. The number of amides is 3. The van der Waals surface area contributed by atoms with E-state index in [1.54, 1.807) is 60.7 Å². The predicted molar refractivity (Wildman–Crippen MR) is 162 cm³/mol. The smallest absolute Gasteiger partial charge is 0.339 e. The number of nitrogens with one attached hydrogen (secondary N) is 2. The van der Waals surface area contributed by atoms with Gasteiger partial charge in [-0.15, -0.1) is 0 Å². The molecule has 5 rings (SSSR count). The molecule has 10 heteroatoms. The van der Waals surface area contributed by atoms with Crippen molar-refractivity contribution in [3.8, 4) is 17.2 Å². The zero-order valence-corrected chi connectivity index (χ0v) is 23.8. The largest absolute Gasteiger partial charge is 0.507 e. The number of halogens is 1. The maximum absolute atomic E-state index is 12.7. The highest BCUT2D eigenvalue weighted by Crippen LogP contribution is 2.46. The van der Waals surface area contributed by atoms with Crippen LogP contribution in [0.1, 0.15) is 21.5 Å². The van der Waals surface area contributed by atoms with Crippen molar-refractivity contribution in [2.24, 2.45) is 5.92 Å². The molecule has 204 valence electrons. The van der Waals surface area contributed by atoms with E-state index in [4.69, 9.17) is 5.26 Å². The van der Waals surface area contributed by atoms with Gasteiger partial charge in [0.05, 0.1) is 28.9 Å². The first-order valence-corrected chi connectivity index (χ1v) is 13.6. The van der Waals surface area contributed by atoms with Crippen LogP contribution in [0.25, 0.3) is 16.8 Å². The van der Waals surface area contributed by atoms with Crippen molar-refractivity contribution in [2.45, 2.75) is 6.04 Å². The number of fused-ring (bicyclic) bond motifs is 1. The lowest BCUT2D eigenvalue weighted by Gasteiger charge is -2.28. The Balaban J connectivity index is 1.23. The Labute approximate surface area is 249 Å². The number of hydrogen-bond acceptors (Lipinski definition) is 6. The van der Waals surface area contributed by atoms with Crippen LogP contribution >= 0.6 is 22.6 Å². The molecule has 3 aromatic rings. The van der Waals surface area contributed by atoms with Gasteiger partial charge in [-0.2, -0.15) is 5.26 Å². The summed E-state index contributed by atoms with van der Waals surface area (Å²) in [5.74, 6) is -2.23. The molecule has 9 nitrogen and oxygen atoms in total. The summed E-state index contributed by atoms with van der Waals surface area (Å²) in [4.78, 5) is 38.6. The molecule has 0 saturated carbocycles. The number of aliphatic carboxylic acids is 1. The highest BCUT2D eigenvalue weighted by atomic mass is 127. The molecule has 2 unspecified atom stereocenters. The van der Waals surface area contributed by atoms with Gasteiger partial charge in [-0.05, 0) is 81.8 Å². The molecule has 3 aromatic carbocycles. The first kappa shape index (κ1) is 27.7. The lowest BCUT2D eigenvalue weighted by Crippen LogP contribution is -2.34. The van der Waals surface area contributed by atoms with Gasteiger partial charge >= 0.3 is 12.0 Å². The van der Waals surface area contributed by atoms with E-state index in [0.29, 0.717) is 16.8 Å². The van der Waals surface area contributed by atoms with Crippen molar-refractivity contribution < 1.29 is 24.6 Å². The lowest BCUT2D eigenvalue weighted by atomic mass is 9.91. The van der Waals surface area contributed by atoms with Crippen molar-refractivity contribution in [1.82, 2.24) is 10.2 Å². The van der Waals surface area contributed by atoms with Crippen molar-refractivity contribution >= 4 is 51.9 Å². The number of aliphatic hydroxyl groups excluding tert-OH is 1. The number of rotatable bonds is 5. The zero-order chi connectivity index (χ0) is 29.3. The normalized spacial score (nSPS) is 17.6. The molecular formula is C31H23IN4O5. The van der Waals surface area contributed by atoms with Gasteiger partial charge in [0.25, 0.3) is 5.91 Å². The highest BCUT2D eigenvalue weighted by Gasteiger charge is 2.40. The van der Waals surface area contributed by atoms with Crippen LogP contribution in [-0.4, -0.2) is 46.1 Å². The summed E-state index contributed by atoms with van der Waals surface area (Å²) in [7, 11) is 1.86. The van der Waals surface area contributed by atoms with Crippen LogP contribution in [0.2, 0.25) is 0 Å². The van der Waals surface area contributed by atoms with E-state index in [2.05, 4.69) is 39.3 Å². The summed E-state index contributed by atoms with van der Waals surface area (Å²) in [6.45, 7) is 0. The predicted octanol–water partition coefficient (Wildman–Crippen LogP) is 5.69. The van der Waals surface area contributed by atoms with Crippen LogP contribution in [0.4, 0.5) is 10.5 Å². The topological polar surface area (TPSA) is 143 Å². The number of nitrogens with zero attached hydrogens (tertiary/aromatic N) is 2. The number of nitriles is 1. The fourth-order valence-corrected chi connectivity index (χ4v) is 6.13. The number of benzene rings is 3. The van der Waals surface area contributed by atoms with Crippen LogP contribution in [0.3, 0.4) is 0 Å². The van der Waals surface area contributed by atoms with Crippen LogP contribution < -0.4 is 10.6 Å². The van der Waals surface area contributed by atoms with E-state index in [1.165, 1.54) is 0 Å². The van der Waals surface area contributed by atoms with Crippen LogP contribution in [0, 0.1) is 17.2 Å². The molecule has 4 N–H and O–H groups in total. The molecule has 0 radical (unpaired) electrons. The fraction of sp³-hybridized carbons (Fsp3) is 0.0968. The molecule has 2 aliphatic rings. The molecule has 0 fully saturated rings. The number of aliphatic hydroxyl groups is 1. The number of likely N-dealkylation sites (N-methyl/N-ethyl adjacent to an activating group) is 1. The maximum Gasteiger partial charge on any atom is 0.339 e. The van der Waals surface area contributed by atoms with Crippen molar-refractivity contribution in [3.63, 3.8) is 0 Å². The first-order chi connectivity index (χ1) is 19.7. The van der Waals surface area contributed by atoms with Gasteiger partial charge < -0.3 is 20.4 Å². The first-order valence-electron chi connectivity index (χ1n) is 12.5. The summed E-state index contributed by atoms with van der Waals surface area (Å²) >= 11 is 2.19. The number of carboxylic acids is 1. The molecule has 1 aliphatic heterocycles. The average Bonchev–Trinajstić information content (AvgIpc) is 3.21. The Hall–Kier alpha value is -4.89. The second kappa shape index (κ2) is 11.3. The number of urea groups is 1. The minimum atomic E-state index is -1.18. The van der Waals surface area contributed by atoms with Gasteiger partial charge in [0.15, 0.2) is 0 Å². The van der Waals surface area contributed by atoms with E-state index in [9.17, 15) is 24.6 Å². The minimum Gasteiger partial charge on any atom is -0.507 e. The third kappa shape index (κ3) is 5.57. The average molecular weight is 658 g/mol. The molecule has 1 heterocycles. The Bertz CT molecular complexity index is 1680. The van der Waals surface area contributed by atoms with Gasteiger partial charge in [0, 0.05) is 27.8 Å². The van der Waals surface area contributed by atoms with Gasteiger partial charge in [-0.3, -0.25) is 10.1 Å². The van der Waals surface area contributed by atoms with Crippen molar-refractivity contribution in [2.75, 3.05) is 12.4 Å². The summed E-state index contributed by atoms with van der Waals surface area (Å²) in [5.41, 5.74) is 4.78. The molecule has 41 heavy (non-hydrogen) atoms. The van der Waals surface area contributed by atoms with Gasteiger partial charge in [0.1, 0.15) is 5.76 Å². The Morgan fingerprint density at radius 3 is 2.07 bits per heavy atom. The van der Waals surface area contributed by atoms with E-state index >= 15 is 0 Å². The highest BCUT2D eigenvalue weighted by molar-refractivity contribution is 14.1. The fourth-order valence-electron chi connectivity index (χ4n) is 4.89. The van der Waals surface area contributed by atoms with E-state index in [-0.39, 0.29) is 23.3 Å². The van der Waals surface area contributed by atoms with Gasteiger partial charge in [-0.1, -0.05) is 42.5 Å². The minimum absolute atomic E-state index is 0.123. The van der Waals surface area contributed by atoms with E-state index < -0.39 is 17.9 Å². The zero-order valence-electron chi connectivity index (χ0n) is 21.6.